The Kier molecular flexibility index (Phi) is 5.22. The Morgan fingerprint density at radius 2 is 2.16 bits per heavy atom. The van der Waals surface area contributed by atoms with Crippen LogP contribution < -0.4 is 4.74 Å². The van der Waals surface area contributed by atoms with Crippen molar-refractivity contribution in [3.8, 4) is 22.9 Å². The molecule has 0 radical (unpaired) electrons. The van der Waals surface area contributed by atoms with E-state index in [0.29, 0.717) is 37.0 Å². The fraction of sp³-hybridized carbons (Fsp3) is 0.0625. The SMILES string of the molecule is COc1cc(/C=N/n2c(-c3ccccc3Cl)n[nH]c2=S)cc(Br)c1O. The summed E-state index contributed by atoms with van der Waals surface area (Å²) in [5.41, 5.74) is 1.41. The van der Waals surface area contributed by atoms with Gasteiger partial charge in [0.05, 0.1) is 22.8 Å². The number of H-pyrrole nitrogens is 1. The summed E-state index contributed by atoms with van der Waals surface area (Å²) < 4.78 is 7.43. The highest BCUT2D eigenvalue weighted by atomic mass is 79.9. The van der Waals surface area contributed by atoms with Crippen LogP contribution in [0.15, 0.2) is 46.0 Å². The number of halogens is 2. The van der Waals surface area contributed by atoms with Crippen molar-refractivity contribution in [2.75, 3.05) is 7.11 Å². The lowest BCUT2D eigenvalue weighted by molar-refractivity contribution is 0.372. The van der Waals surface area contributed by atoms with Gasteiger partial charge in [0.25, 0.3) is 0 Å². The molecule has 6 nitrogen and oxygen atoms in total. The number of benzene rings is 2. The van der Waals surface area contributed by atoms with E-state index in [2.05, 4.69) is 31.2 Å². The van der Waals surface area contributed by atoms with Gasteiger partial charge < -0.3 is 9.84 Å². The third kappa shape index (κ3) is 3.60. The molecule has 0 unspecified atom stereocenters. The number of methoxy groups -OCH3 is 1. The average Bonchev–Trinajstić information content (AvgIpc) is 2.96. The number of ether oxygens (including phenoxy) is 1. The van der Waals surface area contributed by atoms with Crippen LogP contribution >= 0.6 is 39.7 Å². The van der Waals surface area contributed by atoms with E-state index >= 15 is 0 Å². The minimum Gasteiger partial charge on any atom is -0.503 e. The molecule has 0 saturated heterocycles. The first kappa shape index (κ1) is 17.7. The first-order chi connectivity index (χ1) is 12.0. The van der Waals surface area contributed by atoms with Crippen molar-refractivity contribution in [3.05, 3.63) is 56.2 Å². The Morgan fingerprint density at radius 3 is 2.88 bits per heavy atom. The monoisotopic (exact) mass is 438 g/mol. The molecule has 0 amide bonds. The van der Waals surface area contributed by atoms with Gasteiger partial charge in [0, 0.05) is 5.56 Å². The summed E-state index contributed by atoms with van der Waals surface area (Å²) in [5, 5.41) is 21.7. The molecule has 128 valence electrons. The lowest BCUT2D eigenvalue weighted by Gasteiger charge is -2.06. The topological polar surface area (TPSA) is 75.4 Å². The van der Waals surface area contributed by atoms with Crippen molar-refractivity contribution in [2.45, 2.75) is 0 Å². The number of aromatic amines is 1. The highest BCUT2D eigenvalue weighted by molar-refractivity contribution is 9.10. The third-order valence-corrected chi connectivity index (χ3v) is 4.56. The lowest BCUT2D eigenvalue weighted by Crippen LogP contribution is -1.96. The van der Waals surface area contributed by atoms with Crippen LogP contribution in [0.3, 0.4) is 0 Å². The molecule has 3 rings (SSSR count). The van der Waals surface area contributed by atoms with Crippen LogP contribution in [0.5, 0.6) is 11.5 Å². The van der Waals surface area contributed by atoms with Crippen LogP contribution in [0, 0.1) is 4.77 Å². The number of aromatic hydroxyl groups is 1. The van der Waals surface area contributed by atoms with Crippen LogP contribution in [0.4, 0.5) is 0 Å². The molecule has 0 spiro atoms. The first-order valence-electron chi connectivity index (χ1n) is 7.04. The van der Waals surface area contributed by atoms with Crippen molar-refractivity contribution in [3.63, 3.8) is 0 Å². The second kappa shape index (κ2) is 7.38. The number of nitrogens with one attached hydrogen (secondary N) is 1. The fourth-order valence-corrected chi connectivity index (χ4v) is 3.02. The second-order valence-corrected chi connectivity index (χ2v) is 6.59. The molecule has 0 fully saturated rings. The second-order valence-electron chi connectivity index (χ2n) is 4.94. The van der Waals surface area contributed by atoms with Crippen LogP contribution in [0.25, 0.3) is 11.4 Å². The molecular weight excluding hydrogens is 428 g/mol. The van der Waals surface area contributed by atoms with Crippen molar-refractivity contribution < 1.29 is 9.84 Å². The quantitative estimate of drug-likeness (QED) is 0.459. The molecule has 0 aliphatic carbocycles. The summed E-state index contributed by atoms with van der Waals surface area (Å²) >= 11 is 14.7. The molecular formula is C16H12BrClN4O2S. The van der Waals surface area contributed by atoms with Crippen molar-refractivity contribution in [1.29, 1.82) is 0 Å². The third-order valence-electron chi connectivity index (χ3n) is 3.36. The van der Waals surface area contributed by atoms with Gasteiger partial charge in [0.15, 0.2) is 17.3 Å². The Bertz CT molecular complexity index is 1020. The molecule has 25 heavy (non-hydrogen) atoms. The minimum atomic E-state index is 0.0244. The summed E-state index contributed by atoms with van der Waals surface area (Å²) in [5.74, 6) is 0.853. The van der Waals surface area contributed by atoms with Crippen LogP contribution in [0.2, 0.25) is 5.02 Å². The summed E-state index contributed by atoms with van der Waals surface area (Å²) in [7, 11) is 1.48. The number of phenols is 1. The van der Waals surface area contributed by atoms with E-state index in [0.717, 1.165) is 0 Å². The highest BCUT2D eigenvalue weighted by Gasteiger charge is 2.12. The fourth-order valence-electron chi connectivity index (χ4n) is 2.16. The molecule has 0 aliphatic rings. The molecule has 1 heterocycles. The van der Waals surface area contributed by atoms with Gasteiger partial charge >= 0.3 is 0 Å². The van der Waals surface area contributed by atoms with E-state index in [1.165, 1.54) is 11.8 Å². The van der Waals surface area contributed by atoms with Gasteiger partial charge in [-0.3, -0.25) is 0 Å². The van der Waals surface area contributed by atoms with Gasteiger partial charge in [-0.25, -0.2) is 5.10 Å². The summed E-state index contributed by atoms with van der Waals surface area (Å²) in [6.07, 6.45) is 1.58. The van der Waals surface area contributed by atoms with E-state index in [-0.39, 0.29) is 5.75 Å². The predicted molar refractivity (Wildman–Crippen MR) is 103 cm³/mol. The molecule has 1 aromatic heterocycles. The van der Waals surface area contributed by atoms with Crippen molar-refractivity contribution >= 4 is 46.0 Å². The zero-order valence-electron chi connectivity index (χ0n) is 12.9. The summed E-state index contributed by atoms with van der Waals surface area (Å²) in [6.45, 7) is 0. The summed E-state index contributed by atoms with van der Waals surface area (Å²) in [4.78, 5) is 0. The Balaban J connectivity index is 2.04. The van der Waals surface area contributed by atoms with Gasteiger partial charge in [-0.05, 0) is 58.0 Å². The molecule has 2 aromatic carbocycles. The van der Waals surface area contributed by atoms with Crippen LogP contribution in [-0.4, -0.2) is 33.3 Å². The van der Waals surface area contributed by atoms with Gasteiger partial charge in [0.2, 0.25) is 4.77 Å². The predicted octanol–water partition coefficient (Wildman–Crippen LogP) is 4.62. The Morgan fingerprint density at radius 1 is 1.40 bits per heavy atom. The average molecular weight is 440 g/mol. The molecule has 0 atom stereocenters. The lowest BCUT2D eigenvalue weighted by atomic mass is 10.2. The van der Waals surface area contributed by atoms with E-state index in [9.17, 15) is 5.11 Å². The van der Waals surface area contributed by atoms with Crippen molar-refractivity contribution in [2.24, 2.45) is 5.10 Å². The minimum absolute atomic E-state index is 0.0244. The van der Waals surface area contributed by atoms with Gasteiger partial charge in [-0.15, -0.1) is 0 Å². The normalized spacial score (nSPS) is 11.2. The highest BCUT2D eigenvalue weighted by Crippen LogP contribution is 2.34. The maximum absolute atomic E-state index is 9.87. The smallest absolute Gasteiger partial charge is 0.216 e. The number of phenolic OH excluding ortho intramolecular Hbond substituents is 1. The molecule has 3 aromatic rings. The number of nitrogens with zero attached hydrogens (tertiary/aromatic N) is 3. The number of rotatable bonds is 4. The van der Waals surface area contributed by atoms with E-state index < -0.39 is 0 Å². The maximum Gasteiger partial charge on any atom is 0.216 e. The van der Waals surface area contributed by atoms with Gasteiger partial charge in [0.1, 0.15) is 0 Å². The Hall–Kier alpha value is -2.16. The number of hydrogen-bond donors (Lipinski definition) is 2. The summed E-state index contributed by atoms with van der Waals surface area (Å²) in [6, 6.07) is 10.7. The van der Waals surface area contributed by atoms with Gasteiger partial charge in [-0.2, -0.15) is 14.9 Å². The largest absolute Gasteiger partial charge is 0.503 e. The number of aromatic nitrogens is 3. The maximum atomic E-state index is 9.87. The molecule has 0 aliphatic heterocycles. The van der Waals surface area contributed by atoms with E-state index in [1.807, 2.05) is 18.2 Å². The van der Waals surface area contributed by atoms with Crippen LogP contribution in [-0.2, 0) is 0 Å². The van der Waals surface area contributed by atoms with E-state index in [4.69, 9.17) is 28.6 Å². The number of hydrogen-bond acceptors (Lipinski definition) is 5. The molecule has 9 heteroatoms. The van der Waals surface area contributed by atoms with Gasteiger partial charge in [-0.1, -0.05) is 23.7 Å². The first-order valence-corrected chi connectivity index (χ1v) is 8.62. The zero-order chi connectivity index (χ0) is 18.0. The standard InChI is InChI=1S/C16H12BrClN4O2S/c1-24-13-7-9(6-11(17)14(13)23)8-19-22-15(20-21-16(22)25)10-4-2-3-5-12(10)18/h2-8,23H,1H3,(H,21,25)/b19-8+. The van der Waals surface area contributed by atoms with Crippen molar-refractivity contribution in [1.82, 2.24) is 14.9 Å². The van der Waals surface area contributed by atoms with Crippen LogP contribution in [0.1, 0.15) is 5.56 Å². The van der Waals surface area contributed by atoms with E-state index in [1.54, 1.807) is 24.4 Å². The molecule has 0 bridgehead atoms. The molecule has 2 N–H and O–H groups in total. The zero-order valence-corrected chi connectivity index (χ0v) is 16.1. The Labute approximate surface area is 161 Å². The molecule has 0 saturated carbocycles.